The van der Waals surface area contributed by atoms with Gasteiger partial charge in [0.15, 0.2) is 5.13 Å². The van der Waals surface area contributed by atoms with Gasteiger partial charge in [-0.3, -0.25) is 10.1 Å². The monoisotopic (exact) mass is 375 g/mol. The number of hydrogen-bond donors (Lipinski definition) is 2. The fourth-order valence-electron chi connectivity index (χ4n) is 2.28. The summed E-state index contributed by atoms with van der Waals surface area (Å²) in [4.78, 5) is 28.2. The van der Waals surface area contributed by atoms with Crippen LogP contribution in [-0.2, 0) is 16.0 Å². The second-order valence-corrected chi connectivity index (χ2v) is 7.59. The zero-order chi connectivity index (χ0) is 19.1. The molecule has 0 saturated heterocycles. The summed E-state index contributed by atoms with van der Waals surface area (Å²) in [6.45, 7) is 8.45. The molecule has 1 aromatic carbocycles. The maximum atomic E-state index is 12.3. The van der Waals surface area contributed by atoms with Crippen molar-refractivity contribution in [3.63, 3.8) is 0 Å². The number of ether oxygens (including phenoxy) is 1. The van der Waals surface area contributed by atoms with Gasteiger partial charge in [0, 0.05) is 11.1 Å². The smallest absolute Gasteiger partial charge is 0.413 e. The molecule has 0 fully saturated rings. The molecule has 0 saturated carbocycles. The van der Waals surface area contributed by atoms with Crippen LogP contribution in [0.4, 0.5) is 15.6 Å². The van der Waals surface area contributed by atoms with E-state index < -0.39 is 6.09 Å². The number of aromatic nitrogens is 1. The quantitative estimate of drug-likeness (QED) is 0.738. The van der Waals surface area contributed by atoms with E-state index in [1.807, 2.05) is 38.1 Å². The lowest BCUT2D eigenvalue weighted by Crippen LogP contribution is -2.17. The highest BCUT2D eigenvalue weighted by molar-refractivity contribution is 7.13. The van der Waals surface area contributed by atoms with Gasteiger partial charge in [0.25, 0.3) is 0 Å². The fraction of sp³-hybridized carbons (Fsp3) is 0.421. The fourth-order valence-corrected chi connectivity index (χ4v) is 2.98. The Morgan fingerprint density at radius 3 is 2.58 bits per heavy atom. The Balaban J connectivity index is 1.90. The van der Waals surface area contributed by atoms with Crippen molar-refractivity contribution in [3.05, 3.63) is 40.9 Å². The number of thiazole rings is 1. The van der Waals surface area contributed by atoms with E-state index in [9.17, 15) is 9.59 Å². The molecule has 1 aromatic heterocycles. The molecule has 0 atom stereocenters. The Bertz CT molecular complexity index is 756. The number of nitrogens with one attached hydrogen (secondary N) is 2. The molecule has 7 heteroatoms. The summed E-state index contributed by atoms with van der Waals surface area (Å²) < 4.78 is 5.05. The molecule has 2 N–H and O–H groups in total. The normalized spacial score (nSPS) is 10.8. The first-order valence-electron chi connectivity index (χ1n) is 8.62. The number of carbonyl (C=O) groups is 2. The first kappa shape index (κ1) is 19.9. The number of amides is 2. The van der Waals surface area contributed by atoms with Gasteiger partial charge in [-0.2, -0.15) is 0 Å². The Morgan fingerprint density at radius 2 is 1.88 bits per heavy atom. The van der Waals surface area contributed by atoms with Crippen LogP contribution in [0.3, 0.4) is 0 Å². The summed E-state index contributed by atoms with van der Waals surface area (Å²) in [5, 5.41) is 7.69. The predicted octanol–water partition coefficient (Wildman–Crippen LogP) is 4.65. The minimum Gasteiger partial charge on any atom is -0.449 e. The maximum Gasteiger partial charge on any atom is 0.413 e. The third-order valence-corrected chi connectivity index (χ3v) is 4.31. The number of carbonyl (C=O) groups excluding carboxylic acids is 2. The van der Waals surface area contributed by atoms with Crippen LogP contribution in [0.5, 0.6) is 0 Å². The van der Waals surface area contributed by atoms with Gasteiger partial charge in [-0.05, 0) is 23.5 Å². The van der Waals surface area contributed by atoms with Crippen LogP contribution in [0, 0.1) is 5.92 Å². The van der Waals surface area contributed by atoms with Crippen molar-refractivity contribution in [3.8, 4) is 0 Å². The Kier molecular flexibility index (Phi) is 7.15. The van der Waals surface area contributed by atoms with Crippen molar-refractivity contribution in [1.82, 2.24) is 4.98 Å². The standard InChI is InChI=1S/C19H25N3O3S/c1-12(2)10-25-19(24)22-18-20-14(11-26-18)9-17(23)21-16-8-6-5-7-15(16)13(3)4/h5-8,11-13H,9-10H2,1-4H3,(H,21,23)(H,20,22,24). The second-order valence-electron chi connectivity index (χ2n) is 6.73. The summed E-state index contributed by atoms with van der Waals surface area (Å²) in [7, 11) is 0. The lowest BCUT2D eigenvalue weighted by molar-refractivity contribution is -0.115. The third-order valence-electron chi connectivity index (χ3n) is 3.51. The Morgan fingerprint density at radius 1 is 1.15 bits per heavy atom. The molecule has 140 valence electrons. The first-order valence-corrected chi connectivity index (χ1v) is 9.50. The topological polar surface area (TPSA) is 80.3 Å². The minimum absolute atomic E-state index is 0.141. The Hall–Kier alpha value is -2.41. The van der Waals surface area contributed by atoms with Crippen LogP contribution in [0.25, 0.3) is 0 Å². The van der Waals surface area contributed by atoms with Gasteiger partial charge in [-0.15, -0.1) is 11.3 Å². The molecule has 2 amide bonds. The molecule has 0 aliphatic carbocycles. The second kappa shape index (κ2) is 9.33. The molecule has 26 heavy (non-hydrogen) atoms. The third kappa shape index (κ3) is 6.15. The van der Waals surface area contributed by atoms with Gasteiger partial charge in [0.1, 0.15) is 0 Å². The minimum atomic E-state index is -0.532. The molecular formula is C19H25N3O3S. The molecule has 0 radical (unpaired) electrons. The van der Waals surface area contributed by atoms with Crippen molar-refractivity contribution >= 4 is 34.2 Å². The van der Waals surface area contributed by atoms with Crippen LogP contribution in [-0.4, -0.2) is 23.6 Å². The van der Waals surface area contributed by atoms with Crippen LogP contribution in [0.1, 0.15) is 44.9 Å². The number of hydrogen-bond acceptors (Lipinski definition) is 5. The van der Waals surface area contributed by atoms with Crippen molar-refractivity contribution in [2.45, 2.75) is 40.0 Å². The molecule has 1 heterocycles. The van der Waals surface area contributed by atoms with E-state index in [2.05, 4.69) is 29.5 Å². The van der Waals surface area contributed by atoms with E-state index in [1.54, 1.807) is 5.38 Å². The zero-order valence-corrected chi connectivity index (χ0v) is 16.4. The summed E-state index contributed by atoms with van der Waals surface area (Å²) in [6, 6.07) is 7.76. The molecule has 0 spiro atoms. The van der Waals surface area contributed by atoms with Gasteiger partial charge >= 0.3 is 6.09 Å². The molecule has 2 rings (SSSR count). The van der Waals surface area contributed by atoms with E-state index >= 15 is 0 Å². The van der Waals surface area contributed by atoms with E-state index in [4.69, 9.17) is 4.74 Å². The molecule has 0 unspecified atom stereocenters. The SMILES string of the molecule is CC(C)COC(=O)Nc1nc(CC(=O)Nc2ccccc2C(C)C)cs1. The lowest BCUT2D eigenvalue weighted by Gasteiger charge is -2.13. The van der Waals surface area contributed by atoms with E-state index in [-0.39, 0.29) is 18.2 Å². The van der Waals surface area contributed by atoms with Crippen molar-refractivity contribution < 1.29 is 14.3 Å². The van der Waals surface area contributed by atoms with E-state index in [0.717, 1.165) is 11.3 Å². The van der Waals surface area contributed by atoms with Gasteiger partial charge in [-0.25, -0.2) is 9.78 Å². The summed E-state index contributed by atoms with van der Waals surface area (Å²) in [6.07, 6.45) is -0.388. The van der Waals surface area contributed by atoms with E-state index in [1.165, 1.54) is 11.3 Å². The zero-order valence-electron chi connectivity index (χ0n) is 15.5. The van der Waals surface area contributed by atoms with Crippen molar-refractivity contribution in [2.75, 3.05) is 17.2 Å². The summed E-state index contributed by atoms with van der Waals surface area (Å²) >= 11 is 1.27. The first-order chi connectivity index (χ1) is 12.3. The van der Waals surface area contributed by atoms with Crippen molar-refractivity contribution in [2.24, 2.45) is 5.92 Å². The Labute approximate surface area is 158 Å². The van der Waals surface area contributed by atoms with E-state index in [0.29, 0.717) is 23.4 Å². The summed E-state index contributed by atoms with van der Waals surface area (Å²) in [5.74, 6) is 0.445. The average molecular weight is 375 g/mol. The predicted molar refractivity (Wildman–Crippen MR) is 105 cm³/mol. The number of rotatable bonds is 7. The highest BCUT2D eigenvalue weighted by atomic mass is 32.1. The number of para-hydroxylation sites is 1. The largest absolute Gasteiger partial charge is 0.449 e. The van der Waals surface area contributed by atoms with Crippen LogP contribution >= 0.6 is 11.3 Å². The van der Waals surface area contributed by atoms with Gasteiger partial charge in [-0.1, -0.05) is 45.9 Å². The summed E-state index contributed by atoms with van der Waals surface area (Å²) in [5.41, 5.74) is 2.52. The van der Waals surface area contributed by atoms with Crippen molar-refractivity contribution in [1.29, 1.82) is 0 Å². The molecule has 0 aliphatic heterocycles. The highest BCUT2D eigenvalue weighted by Gasteiger charge is 2.13. The van der Waals surface area contributed by atoms with Crippen LogP contribution < -0.4 is 10.6 Å². The number of anilines is 2. The molecule has 0 bridgehead atoms. The van der Waals surface area contributed by atoms with Gasteiger partial charge in [0.05, 0.1) is 18.7 Å². The number of nitrogens with zero attached hydrogens (tertiary/aromatic N) is 1. The molecule has 2 aromatic rings. The van der Waals surface area contributed by atoms with Crippen LogP contribution in [0.2, 0.25) is 0 Å². The average Bonchev–Trinajstić information content (AvgIpc) is 2.99. The lowest BCUT2D eigenvalue weighted by atomic mass is 10.0. The molecule has 6 nitrogen and oxygen atoms in total. The maximum absolute atomic E-state index is 12.3. The van der Waals surface area contributed by atoms with Gasteiger partial charge in [0.2, 0.25) is 5.91 Å². The highest BCUT2D eigenvalue weighted by Crippen LogP contribution is 2.24. The molecular weight excluding hydrogens is 350 g/mol. The van der Waals surface area contributed by atoms with Crippen LogP contribution in [0.15, 0.2) is 29.6 Å². The molecule has 0 aliphatic rings. The number of benzene rings is 1. The van der Waals surface area contributed by atoms with Gasteiger partial charge < -0.3 is 10.1 Å².